The van der Waals surface area contributed by atoms with E-state index in [-0.39, 0.29) is 18.5 Å². The third-order valence-corrected chi connectivity index (χ3v) is 5.98. The second kappa shape index (κ2) is 9.85. The van der Waals surface area contributed by atoms with Crippen LogP contribution in [0.5, 0.6) is 0 Å². The van der Waals surface area contributed by atoms with E-state index in [1.54, 1.807) is 36.4 Å². The van der Waals surface area contributed by atoms with Gasteiger partial charge in [0.2, 0.25) is 0 Å². The molecule has 2 aromatic heterocycles. The van der Waals surface area contributed by atoms with Gasteiger partial charge in [-0.05, 0) is 42.3 Å². The minimum absolute atomic E-state index is 0.0985. The average molecular weight is 435 g/mol. The monoisotopic (exact) mass is 434 g/mol. The molecule has 1 unspecified atom stereocenters. The zero-order chi connectivity index (χ0) is 21.6. The van der Waals surface area contributed by atoms with Gasteiger partial charge in [-0.1, -0.05) is 49.0 Å². The first-order valence-corrected chi connectivity index (χ1v) is 11.1. The molecule has 0 fully saturated rings. The standard InChI is InChI=1S/C24H23FN4OS/c1-2-14-31-24-26-13-12-20(28-24)23-22(18-8-10-19(25)11-9-18)27-16-29(23)21(15-30)17-6-4-3-5-7-17/h3-13,16,21,30H,2,14-15H2,1H3. The van der Waals surface area contributed by atoms with E-state index in [9.17, 15) is 9.50 Å². The lowest BCUT2D eigenvalue weighted by Crippen LogP contribution is -2.15. The summed E-state index contributed by atoms with van der Waals surface area (Å²) in [7, 11) is 0. The van der Waals surface area contributed by atoms with Crippen molar-refractivity contribution in [3.05, 3.63) is 84.6 Å². The minimum atomic E-state index is -0.334. The summed E-state index contributed by atoms with van der Waals surface area (Å²) in [6.07, 6.45) is 4.48. The van der Waals surface area contributed by atoms with Crippen molar-refractivity contribution in [1.29, 1.82) is 0 Å². The molecule has 5 nitrogen and oxygen atoms in total. The Bertz CT molecular complexity index is 1130. The van der Waals surface area contributed by atoms with Gasteiger partial charge < -0.3 is 9.67 Å². The van der Waals surface area contributed by atoms with E-state index in [4.69, 9.17) is 4.98 Å². The van der Waals surface area contributed by atoms with Gasteiger partial charge in [-0.15, -0.1) is 0 Å². The number of nitrogens with zero attached hydrogens (tertiary/aromatic N) is 4. The normalized spacial score (nSPS) is 12.1. The van der Waals surface area contributed by atoms with Crippen molar-refractivity contribution < 1.29 is 9.50 Å². The summed E-state index contributed by atoms with van der Waals surface area (Å²) in [5.74, 6) is 0.624. The Hall–Kier alpha value is -3.03. The molecule has 0 aliphatic rings. The lowest BCUT2D eigenvalue weighted by atomic mass is 10.0. The molecular weight excluding hydrogens is 411 g/mol. The number of rotatable bonds is 8. The molecule has 158 valence electrons. The van der Waals surface area contributed by atoms with Crippen LogP contribution in [0.4, 0.5) is 4.39 Å². The van der Waals surface area contributed by atoms with E-state index in [2.05, 4.69) is 16.9 Å². The van der Waals surface area contributed by atoms with E-state index in [1.165, 1.54) is 12.1 Å². The third kappa shape index (κ3) is 4.68. The molecule has 0 aliphatic carbocycles. The van der Waals surface area contributed by atoms with Gasteiger partial charge in [-0.2, -0.15) is 0 Å². The number of aliphatic hydroxyl groups excluding tert-OH is 1. The number of halogens is 1. The Morgan fingerprint density at radius 3 is 2.52 bits per heavy atom. The molecule has 0 radical (unpaired) electrons. The Kier molecular flexibility index (Phi) is 6.74. The summed E-state index contributed by atoms with van der Waals surface area (Å²) in [5, 5.41) is 10.9. The highest BCUT2D eigenvalue weighted by atomic mass is 32.2. The predicted molar refractivity (Wildman–Crippen MR) is 121 cm³/mol. The SMILES string of the molecule is CCCSc1nccc(-c2c(-c3ccc(F)cc3)ncn2C(CO)c2ccccc2)n1. The van der Waals surface area contributed by atoms with Crippen LogP contribution in [-0.4, -0.2) is 37.0 Å². The first-order valence-electron chi connectivity index (χ1n) is 10.2. The fraction of sp³-hybridized carbons (Fsp3) is 0.208. The van der Waals surface area contributed by atoms with Gasteiger partial charge in [0.25, 0.3) is 0 Å². The lowest BCUT2D eigenvalue weighted by molar-refractivity contribution is 0.250. The van der Waals surface area contributed by atoms with Gasteiger partial charge in [0.15, 0.2) is 5.16 Å². The topological polar surface area (TPSA) is 63.8 Å². The van der Waals surface area contributed by atoms with Crippen molar-refractivity contribution >= 4 is 11.8 Å². The highest BCUT2D eigenvalue weighted by Gasteiger charge is 2.23. The van der Waals surface area contributed by atoms with Crippen molar-refractivity contribution in [1.82, 2.24) is 19.5 Å². The quantitative estimate of drug-likeness (QED) is 0.304. The summed E-state index contributed by atoms with van der Waals surface area (Å²) >= 11 is 1.60. The maximum Gasteiger partial charge on any atom is 0.188 e. The van der Waals surface area contributed by atoms with Crippen LogP contribution in [0, 0.1) is 5.82 Å². The van der Waals surface area contributed by atoms with Crippen LogP contribution in [0.15, 0.2) is 78.3 Å². The maximum atomic E-state index is 13.5. The number of hydrogen-bond acceptors (Lipinski definition) is 5. The number of imidazole rings is 1. The zero-order valence-electron chi connectivity index (χ0n) is 17.1. The summed E-state index contributed by atoms with van der Waals surface area (Å²) < 4.78 is 15.5. The molecule has 0 spiro atoms. The van der Waals surface area contributed by atoms with Gasteiger partial charge in [0, 0.05) is 17.5 Å². The molecule has 7 heteroatoms. The van der Waals surface area contributed by atoms with Crippen molar-refractivity contribution in [3.8, 4) is 22.6 Å². The summed E-state index contributed by atoms with van der Waals surface area (Å²) in [5.41, 5.74) is 3.89. The van der Waals surface area contributed by atoms with Crippen molar-refractivity contribution in [2.75, 3.05) is 12.4 Å². The number of aliphatic hydroxyl groups is 1. The molecule has 4 aromatic rings. The van der Waals surface area contributed by atoms with Crippen LogP contribution in [0.3, 0.4) is 0 Å². The highest BCUT2D eigenvalue weighted by molar-refractivity contribution is 7.99. The van der Waals surface area contributed by atoms with E-state index >= 15 is 0 Å². The zero-order valence-corrected chi connectivity index (χ0v) is 18.0. The summed E-state index contributed by atoms with van der Waals surface area (Å²) in [4.78, 5) is 13.8. The van der Waals surface area contributed by atoms with E-state index in [1.807, 2.05) is 41.0 Å². The lowest BCUT2D eigenvalue weighted by Gasteiger charge is -2.20. The van der Waals surface area contributed by atoms with E-state index < -0.39 is 0 Å². The van der Waals surface area contributed by atoms with Gasteiger partial charge >= 0.3 is 0 Å². The van der Waals surface area contributed by atoms with E-state index in [0.29, 0.717) is 16.5 Å². The molecule has 2 aromatic carbocycles. The van der Waals surface area contributed by atoms with Gasteiger partial charge in [0.05, 0.1) is 36.1 Å². The molecule has 0 saturated heterocycles. The largest absolute Gasteiger partial charge is 0.394 e. The highest BCUT2D eigenvalue weighted by Crippen LogP contribution is 2.34. The Balaban J connectivity index is 1.88. The van der Waals surface area contributed by atoms with Crippen LogP contribution in [0.1, 0.15) is 24.9 Å². The van der Waals surface area contributed by atoms with Crippen LogP contribution < -0.4 is 0 Å². The number of aromatic nitrogens is 4. The predicted octanol–water partition coefficient (Wildman–Crippen LogP) is 5.23. The van der Waals surface area contributed by atoms with Crippen molar-refractivity contribution in [3.63, 3.8) is 0 Å². The van der Waals surface area contributed by atoms with Gasteiger partial charge in [-0.3, -0.25) is 0 Å². The number of benzene rings is 2. The minimum Gasteiger partial charge on any atom is -0.394 e. The van der Waals surface area contributed by atoms with E-state index in [0.717, 1.165) is 29.0 Å². The van der Waals surface area contributed by atoms with Crippen LogP contribution >= 0.6 is 11.8 Å². The van der Waals surface area contributed by atoms with Crippen LogP contribution in [0.25, 0.3) is 22.6 Å². The van der Waals surface area contributed by atoms with Gasteiger partial charge in [0.1, 0.15) is 5.82 Å². The molecule has 2 heterocycles. The second-order valence-electron chi connectivity index (χ2n) is 7.04. The Morgan fingerprint density at radius 1 is 1.03 bits per heavy atom. The first-order chi connectivity index (χ1) is 15.2. The molecule has 1 atom stereocenters. The summed E-state index contributed by atoms with van der Waals surface area (Å²) in [6.45, 7) is 2.02. The molecular formula is C24H23FN4OS. The third-order valence-electron chi connectivity index (χ3n) is 4.92. The average Bonchev–Trinajstić information content (AvgIpc) is 3.24. The van der Waals surface area contributed by atoms with Gasteiger partial charge in [-0.25, -0.2) is 19.3 Å². The molecule has 1 N–H and O–H groups in total. The van der Waals surface area contributed by atoms with Crippen LogP contribution in [0.2, 0.25) is 0 Å². The fourth-order valence-corrected chi connectivity index (χ4v) is 4.12. The number of thioether (sulfide) groups is 1. The Labute approximate surface area is 185 Å². The Morgan fingerprint density at radius 2 is 1.81 bits per heavy atom. The fourth-order valence-electron chi connectivity index (χ4n) is 3.43. The van der Waals surface area contributed by atoms with Crippen molar-refractivity contribution in [2.45, 2.75) is 24.5 Å². The van der Waals surface area contributed by atoms with Crippen LogP contribution in [-0.2, 0) is 0 Å². The molecule has 0 aliphatic heterocycles. The maximum absolute atomic E-state index is 13.5. The molecule has 31 heavy (non-hydrogen) atoms. The van der Waals surface area contributed by atoms with Crippen molar-refractivity contribution in [2.24, 2.45) is 0 Å². The second-order valence-corrected chi connectivity index (χ2v) is 8.10. The number of hydrogen-bond donors (Lipinski definition) is 1. The first kappa shape index (κ1) is 21.2. The molecule has 0 saturated carbocycles. The summed E-state index contributed by atoms with van der Waals surface area (Å²) in [6, 6.07) is 17.5. The molecule has 0 bridgehead atoms. The molecule has 4 rings (SSSR count). The molecule has 0 amide bonds. The smallest absolute Gasteiger partial charge is 0.188 e.